The molecule has 0 atom stereocenters. The van der Waals surface area contributed by atoms with Gasteiger partial charge >= 0.3 is 0 Å². The quantitative estimate of drug-likeness (QED) is 0.479. The van der Waals surface area contributed by atoms with Gasteiger partial charge in [-0.25, -0.2) is 4.57 Å². The van der Waals surface area contributed by atoms with E-state index in [-0.39, 0.29) is 29.3 Å². The minimum atomic E-state index is 0. The van der Waals surface area contributed by atoms with Gasteiger partial charge in [-0.1, -0.05) is 35.4 Å². The molecule has 5 heteroatoms. The van der Waals surface area contributed by atoms with Gasteiger partial charge in [0, 0.05) is 22.2 Å². The number of halogens is 2. The van der Waals surface area contributed by atoms with E-state index in [1.165, 1.54) is 5.56 Å². The van der Waals surface area contributed by atoms with Gasteiger partial charge in [0.05, 0.1) is 6.20 Å². The van der Waals surface area contributed by atoms with Crippen LogP contribution in [0.3, 0.4) is 0 Å². The number of aromatic nitrogens is 2. The van der Waals surface area contributed by atoms with Gasteiger partial charge in [-0.05, 0) is 42.2 Å². The van der Waals surface area contributed by atoms with Gasteiger partial charge < -0.3 is 17.0 Å². The first kappa shape index (κ1) is 18.3. The van der Waals surface area contributed by atoms with Gasteiger partial charge in [0.15, 0.2) is 12.2 Å². The van der Waals surface area contributed by atoms with Crippen LogP contribution in [0, 0.1) is 6.92 Å². The second-order valence-electron chi connectivity index (χ2n) is 5.42. The number of Topliss-reactive ketones (excluding diaryl/α,β-unsaturated/α-hetero) is 1. The SMILES string of the molecule is Cc1cccc(-c2cc[n+](CC(=O)c3ccc(Cl)cc3)cn2)c1.[Br-]. The standard InChI is InChI=1S/C19H16ClN2O.BrH/c1-14-3-2-4-16(11-14)18-9-10-22(13-21-18)12-19(23)15-5-7-17(20)8-6-15;/h2-11,13H,12H2,1H3;1H/q+1;/p-1. The topological polar surface area (TPSA) is 33.8 Å². The number of hydrogen-bond acceptors (Lipinski definition) is 2. The van der Waals surface area contributed by atoms with Crippen LogP contribution in [0.1, 0.15) is 15.9 Å². The fourth-order valence-electron chi connectivity index (χ4n) is 2.35. The molecule has 0 N–H and O–H groups in total. The number of rotatable bonds is 4. The van der Waals surface area contributed by atoms with Crippen molar-refractivity contribution in [3.05, 3.63) is 83.3 Å². The minimum absolute atomic E-state index is 0. The molecule has 1 aromatic heterocycles. The molecule has 0 radical (unpaired) electrons. The summed E-state index contributed by atoms with van der Waals surface area (Å²) in [6.45, 7) is 2.31. The normalized spacial score (nSPS) is 10.1. The molecule has 24 heavy (non-hydrogen) atoms. The molecule has 3 aromatic rings. The van der Waals surface area contributed by atoms with Crippen LogP contribution in [0.25, 0.3) is 11.3 Å². The molecule has 0 spiro atoms. The van der Waals surface area contributed by atoms with E-state index in [0.29, 0.717) is 10.6 Å². The summed E-state index contributed by atoms with van der Waals surface area (Å²) >= 11 is 5.84. The van der Waals surface area contributed by atoms with Crippen molar-refractivity contribution in [2.75, 3.05) is 0 Å². The molecule has 122 valence electrons. The summed E-state index contributed by atoms with van der Waals surface area (Å²) in [4.78, 5) is 16.7. The average molecular weight is 404 g/mol. The third-order valence-corrected chi connectivity index (χ3v) is 3.83. The van der Waals surface area contributed by atoms with Crippen LogP contribution in [0.2, 0.25) is 5.02 Å². The second kappa shape index (κ2) is 8.18. The smallest absolute Gasteiger partial charge is 0.287 e. The Morgan fingerprint density at radius 1 is 1.12 bits per heavy atom. The molecule has 0 unspecified atom stereocenters. The van der Waals surface area contributed by atoms with Crippen LogP contribution in [0.5, 0.6) is 0 Å². The van der Waals surface area contributed by atoms with Crippen molar-refractivity contribution in [3.8, 4) is 11.3 Å². The molecular weight excluding hydrogens is 388 g/mol. The predicted octanol–water partition coefficient (Wildman–Crippen LogP) is 0.885. The molecule has 0 bridgehead atoms. The number of carbonyl (C=O) groups excluding carboxylic acids is 1. The zero-order valence-corrected chi connectivity index (χ0v) is 15.5. The first-order valence-electron chi connectivity index (χ1n) is 7.33. The van der Waals surface area contributed by atoms with Crippen LogP contribution in [0.4, 0.5) is 0 Å². The molecule has 0 saturated heterocycles. The number of ketones is 1. The van der Waals surface area contributed by atoms with Gasteiger partial charge in [-0.3, -0.25) is 4.79 Å². The van der Waals surface area contributed by atoms with Gasteiger partial charge in [0.1, 0.15) is 0 Å². The average Bonchev–Trinajstić information content (AvgIpc) is 2.56. The number of hydrogen-bond donors (Lipinski definition) is 0. The molecule has 3 rings (SSSR count). The highest BCUT2D eigenvalue weighted by atomic mass is 79.9. The maximum absolute atomic E-state index is 12.2. The maximum atomic E-state index is 12.2. The van der Waals surface area contributed by atoms with Crippen molar-refractivity contribution in [1.82, 2.24) is 4.98 Å². The van der Waals surface area contributed by atoms with Crippen LogP contribution < -0.4 is 21.5 Å². The van der Waals surface area contributed by atoms with Gasteiger partial charge in [-0.2, -0.15) is 0 Å². The van der Waals surface area contributed by atoms with Crippen molar-refractivity contribution >= 4 is 17.4 Å². The molecule has 0 fully saturated rings. The van der Waals surface area contributed by atoms with Gasteiger partial charge in [0.25, 0.3) is 6.33 Å². The molecule has 1 heterocycles. The highest BCUT2D eigenvalue weighted by Gasteiger charge is 2.11. The van der Waals surface area contributed by atoms with Crippen molar-refractivity contribution in [2.24, 2.45) is 0 Å². The summed E-state index contributed by atoms with van der Waals surface area (Å²) in [7, 11) is 0. The minimum Gasteiger partial charge on any atom is -1.00 e. The molecule has 0 aliphatic rings. The van der Waals surface area contributed by atoms with E-state index in [2.05, 4.69) is 24.0 Å². The van der Waals surface area contributed by atoms with Crippen LogP contribution in [-0.4, -0.2) is 10.8 Å². The molecule has 0 aliphatic heterocycles. The third-order valence-electron chi connectivity index (χ3n) is 3.58. The Morgan fingerprint density at radius 3 is 2.50 bits per heavy atom. The number of benzene rings is 2. The summed E-state index contributed by atoms with van der Waals surface area (Å²) in [5, 5.41) is 0.623. The van der Waals surface area contributed by atoms with E-state index < -0.39 is 0 Å². The van der Waals surface area contributed by atoms with Crippen molar-refractivity contribution in [1.29, 1.82) is 0 Å². The fraction of sp³-hybridized carbons (Fsp3) is 0.105. The second-order valence-corrected chi connectivity index (χ2v) is 5.85. The summed E-state index contributed by atoms with van der Waals surface area (Å²) in [6, 6.07) is 17.0. The Kier molecular flexibility index (Phi) is 6.23. The Labute approximate surface area is 156 Å². The first-order chi connectivity index (χ1) is 11.1. The van der Waals surface area contributed by atoms with Crippen LogP contribution >= 0.6 is 11.6 Å². The van der Waals surface area contributed by atoms with E-state index in [9.17, 15) is 4.79 Å². The number of carbonyl (C=O) groups is 1. The lowest BCUT2D eigenvalue weighted by molar-refractivity contribution is -0.686. The van der Waals surface area contributed by atoms with Crippen molar-refractivity contribution < 1.29 is 26.3 Å². The Morgan fingerprint density at radius 2 is 1.88 bits per heavy atom. The van der Waals surface area contributed by atoms with E-state index >= 15 is 0 Å². The number of nitrogens with zero attached hydrogens (tertiary/aromatic N) is 2. The zero-order valence-electron chi connectivity index (χ0n) is 13.1. The van der Waals surface area contributed by atoms with E-state index in [4.69, 9.17) is 11.6 Å². The first-order valence-corrected chi connectivity index (χ1v) is 7.70. The van der Waals surface area contributed by atoms with Crippen LogP contribution in [0.15, 0.2) is 67.1 Å². The van der Waals surface area contributed by atoms with E-state index in [1.807, 2.05) is 24.4 Å². The summed E-state index contributed by atoms with van der Waals surface area (Å²) in [5.41, 5.74) is 3.80. The predicted molar refractivity (Wildman–Crippen MR) is 90.4 cm³/mol. The summed E-state index contributed by atoms with van der Waals surface area (Å²) in [6.07, 6.45) is 3.56. The fourth-order valence-corrected chi connectivity index (χ4v) is 2.47. The molecule has 0 saturated carbocycles. The lowest BCUT2D eigenvalue weighted by Crippen LogP contribution is -3.00. The Hall–Kier alpha value is -2.04. The largest absolute Gasteiger partial charge is 1.00 e. The van der Waals surface area contributed by atoms with Gasteiger partial charge in [0.2, 0.25) is 5.78 Å². The Balaban J connectivity index is 0.00000208. The lowest BCUT2D eigenvalue weighted by atomic mass is 10.1. The molecule has 0 aliphatic carbocycles. The summed E-state index contributed by atoms with van der Waals surface area (Å²) < 4.78 is 1.77. The molecule has 0 amide bonds. The van der Waals surface area contributed by atoms with Crippen LogP contribution in [-0.2, 0) is 6.54 Å². The Bertz CT molecular complexity index is 833. The third kappa shape index (κ3) is 4.49. The monoisotopic (exact) mass is 402 g/mol. The highest BCUT2D eigenvalue weighted by molar-refractivity contribution is 6.30. The molecule has 3 nitrogen and oxygen atoms in total. The maximum Gasteiger partial charge on any atom is 0.287 e. The highest BCUT2D eigenvalue weighted by Crippen LogP contribution is 2.16. The molecular formula is C19H16BrClN2O. The van der Waals surface area contributed by atoms with Crippen molar-refractivity contribution in [2.45, 2.75) is 13.5 Å². The summed E-state index contributed by atoms with van der Waals surface area (Å²) in [5.74, 6) is 0.0248. The van der Waals surface area contributed by atoms with Gasteiger partial charge in [-0.15, -0.1) is 0 Å². The van der Waals surface area contributed by atoms with E-state index in [0.717, 1.165) is 11.3 Å². The van der Waals surface area contributed by atoms with E-state index in [1.54, 1.807) is 35.2 Å². The number of aryl methyl sites for hydroxylation is 1. The molecule has 2 aromatic carbocycles. The zero-order chi connectivity index (χ0) is 16.2. The van der Waals surface area contributed by atoms with Crippen molar-refractivity contribution in [3.63, 3.8) is 0 Å². The lowest BCUT2D eigenvalue weighted by Gasteiger charge is -2.01.